The average molecular weight is 347 g/mol. The molecule has 0 aromatic carbocycles. The SMILES string of the molecule is Cc1nn(CC(=O)N[C@@H]2CCCN(Cc3cccs3)C2)c(C)c1C. The van der Waals surface area contributed by atoms with Crippen molar-refractivity contribution in [3.05, 3.63) is 39.3 Å². The van der Waals surface area contributed by atoms with Crippen LogP contribution in [0.25, 0.3) is 0 Å². The van der Waals surface area contributed by atoms with Gasteiger partial charge in [0, 0.05) is 29.7 Å². The van der Waals surface area contributed by atoms with Crippen molar-refractivity contribution < 1.29 is 4.79 Å². The summed E-state index contributed by atoms with van der Waals surface area (Å²) in [5.74, 6) is 0.0589. The third-order valence-corrected chi connectivity index (χ3v) is 5.73. The van der Waals surface area contributed by atoms with Gasteiger partial charge in [-0.2, -0.15) is 5.10 Å². The molecule has 1 atom stereocenters. The number of aryl methyl sites for hydroxylation is 1. The summed E-state index contributed by atoms with van der Waals surface area (Å²) in [6, 6.07) is 4.52. The number of rotatable bonds is 5. The zero-order chi connectivity index (χ0) is 17.1. The first-order valence-electron chi connectivity index (χ1n) is 8.57. The van der Waals surface area contributed by atoms with E-state index >= 15 is 0 Å². The molecule has 3 heterocycles. The van der Waals surface area contributed by atoms with Crippen LogP contribution < -0.4 is 5.32 Å². The fourth-order valence-corrected chi connectivity index (χ4v) is 4.04. The molecule has 0 saturated carbocycles. The Kier molecular flexibility index (Phi) is 5.36. The molecular formula is C18H26N4OS. The van der Waals surface area contributed by atoms with Gasteiger partial charge in [-0.05, 0) is 57.2 Å². The molecule has 0 bridgehead atoms. The molecule has 2 aromatic heterocycles. The Hall–Kier alpha value is -1.66. The van der Waals surface area contributed by atoms with Gasteiger partial charge in [-0.25, -0.2) is 0 Å². The number of likely N-dealkylation sites (tertiary alicyclic amines) is 1. The molecule has 0 radical (unpaired) electrons. The normalized spacial score (nSPS) is 18.7. The highest BCUT2D eigenvalue weighted by molar-refractivity contribution is 7.09. The van der Waals surface area contributed by atoms with E-state index in [1.54, 1.807) is 11.3 Å². The van der Waals surface area contributed by atoms with E-state index in [2.05, 4.69) is 39.8 Å². The highest BCUT2D eigenvalue weighted by atomic mass is 32.1. The van der Waals surface area contributed by atoms with Crippen LogP contribution >= 0.6 is 11.3 Å². The number of carbonyl (C=O) groups is 1. The molecule has 130 valence electrons. The minimum Gasteiger partial charge on any atom is -0.350 e. The van der Waals surface area contributed by atoms with Crippen molar-refractivity contribution in [2.24, 2.45) is 0 Å². The lowest BCUT2D eigenvalue weighted by Gasteiger charge is -2.32. The standard InChI is InChI=1S/C18H26N4OS/c1-13-14(2)20-22(15(13)3)12-18(23)19-16-6-4-8-21(10-16)11-17-7-5-9-24-17/h5,7,9,16H,4,6,8,10-12H2,1-3H3,(H,19,23)/t16-/m1/s1. The monoisotopic (exact) mass is 346 g/mol. The molecule has 24 heavy (non-hydrogen) atoms. The largest absolute Gasteiger partial charge is 0.350 e. The molecule has 1 fully saturated rings. The highest BCUT2D eigenvalue weighted by Crippen LogP contribution is 2.17. The van der Waals surface area contributed by atoms with Crippen molar-refractivity contribution in [2.75, 3.05) is 13.1 Å². The molecule has 3 rings (SSSR count). The first-order chi connectivity index (χ1) is 11.5. The molecular weight excluding hydrogens is 320 g/mol. The summed E-state index contributed by atoms with van der Waals surface area (Å²) in [6.45, 7) is 9.39. The number of amides is 1. The molecule has 0 spiro atoms. The average Bonchev–Trinajstić information content (AvgIpc) is 3.13. The van der Waals surface area contributed by atoms with Crippen molar-refractivity contribution >= 4 is 17.2 Å². The van der Waals surface area contributed by atoms with Crippen LogP contribution in [-0.4, -0.2) is 39.7 Å². The van der Waals surface area contributed by atoms with E-state index in [4.69, 9.17) is 0 Å². The summed E-state index contributed by atoms with van der Waals surface area (Å²) >= 11 is 1.80. The maximum atomic E-state index is 12.4. The maximum Gasteiger partial charge on any atom is 0.242 e. The Morgan fingerprint density at radius 3 is 2.92 bits per heavy atom. The Morgan fingerprint density at radius 2 is 2.25 bits per heavy atom. The number of hydrogen-bond acceptors (Lipinski definition) is 4. The Morgan fingerprint density at radius 1 is 1.42 bits per heavy atom. The first-order valence-corrected chi connectivity index (χ1v) is 9.45. The fraction of sp³-hybridized carbons (Fsp3) is 0.556. The number of nitrogens with zero attached hydrogens (tertiary/aromatic N) is 3. The zero-order valence-electron chi connectivity index (χ0n) is 14.7. The smallest absolute Gasteiger partial charge is 0.242 e. The van der Waals surface area contributed by atoms with E-state index in [0.29, 0.717) is 6.54 Å². The predicted octanol–water partition coefficient (Wildman–Crippen LogP) is 2.65. The molecule has 1 aliphatic rings. The number of hydrogen-bond donors (Lipinski definition) is 1. The molecule has 1 saturated heterocycles. The van der Waals surface area contributed by atoms with Crippen molar-refractivity contribution in [2.45, 2.75) is 52.7 Å². The molecule has 0 aliphatic carbocycles. The van der Waals surface area contributed by atoms with Gasteiger partial charge in [0.1, 0.15) is 6.54 Å². The highest BCUT2D eigenvalue weighted by Gasteiger charge is 2.22. The quantitative estimate of drug-likeness (QED) is 0.905. The minimum absolute atomic E-state index is 0.0589. The van der Waals surface area contributed by atoms with Gasteiger partial charge < -0.3 is 5.32 Å². The maximum absolute atomic E-state index is 12.4. The van der Waals surface area contributed by atoms with Crippen LogP contribution in [0.5, 0.6) is 0 Å². The van der Waals surface area contributed by atoms with Crippen LogP contribution in [0.2, 0.25) is 0 Å². The van der Waals surface area contributed by atoms with E-state index in [9.17, 15) is 4.79 Å². The lowest BCUT2D eigenvalue weighted by atomic mass is 10.1. The second-order valence-corrected chi connectivity index (χ2v) is 7.71. The number of nitrogens with one attached hydrogen (secondary N) is 1. The van der Waals surface area contributed by atoms with E-state index < -0.39 is 0 Å². The summed E-state index contributed by atoms with van der Waals surface area (Å²) < 4.78 is 1.81. The fourth-order valence-electron chi connectivity index (χ4n) is 3.29. The van der Waals surface area contributed by atoms with Crippen LogP contribution in [0, 0.1) is 20.8 Å². The van der Waals surface area contributed by atoms with E-state index in [0.717, 1.165) is 43.9 Å². The van der Waals surface area contributed by atoms with Crippen molar-refractivity contribution in [1.29, 1.82) is 0 Å². The third-order valence-electron chi connectivity index (χ3n) is 4.87. The zero-order valence-corrected chi connectivity index (χ0v) is 15.5. The van der Waals surface area contributed by atoms with Gasteiger partial charge in [-0.1, -0.05) is 6.07 Å². The van der Waals surface area contributed by atoms with E-state index in [1.807, 2.05) is 18.5 Å². The van der Waals surface area contributed by atoms with Gasteiger partial charge in [-0.15, -0.1) is 11.3 Å². The number of piperidine rings is 1. The lowest BCUT2D eigenvalue weighted by Crippen LogP contribution is -2.48. The van der Waals surface area contributed by atoms with Crippen LogP contribution in [-0.2, 0) is 17.9 Å². The Bertz CT molecular complexity index is 692. The lowest BCUT2D eigenvalue weighted by molar-refractivity contribution is -0.123. The van der Waals surface area contributed by atoms with Crippen molar-refractivity contribution in [3.63, 3.8) is 0 Å². The summed E-state index contributed by atoms with van der Waals surface area (Å²) in [4.78, 5) is 16.2. The second kappa shape index (κ2) is 7.49. The number of thiophene rings is 1. The Balaban J connectivity index is 1.53. The molecule has 2 aromatic rings. The topological polar surface area (TPSA) is 50.2 Å². The Labute approximate surface area is 147 Å². The number of carbonyl (C=O) groups excluding carboxylic acids is 1. The van der Waals surface area contributed by atoms with E-state index in [1.165, 1.54) is 10.4 Å². The molecule has 0 unspecified atom stereocenters. The van der Waals surface area contributed by atoms with Crippen LogP contribution in [0.1, 0.15) is 34.7 Å². The molecule has 1 aliphatic heterocycles. The van der Waals surface area contributed by atoms with Gasteiger partial charge in [-0.3, -0.25) is 14.4 Å². The molecule has 6 heteroatoms. The molecule has 5 nitrogen and oxygen atoms in total. The van der Waals surface area contributed by atoms with Crippen LogP contribution in [0.4, 0.5) is 0 Å². The first kappa shape index (κ1) is 17.2. The summed E-state index contributed by atoms with van der Waals surface area (Å²) in [6.07, 6.45) is 2.19. The van der Waals surface area contributed by atoms with Gasteiger partial charge in [0.25, 0.3) is 0 Å². The summed E-state index contributed by atoms with van der Waals surface area (Å²) in [5.41, 5.74) is 3.24. The summed E-state index contributed by atoms with van der Waals surface area (Å²) in [5, 5.41) is 9.77. The summed E-state index contributed by atoms with van der Waals surface area (Å²) in [7, 11) is 0. The van der Waals surface area contributed by atoms with Crippen molar-refractivity contribution in [3.8, 4) is 0 Å². The predicted molar refractivity (Wildman–Crippen MR) is 97.2 cm³/mol. The third kappa shape index (κ3) is 4.05. The minimum atomic E-state index is 0.0589. The van der Waals surface area contributed by atoms with Gasteiger partial charge >= 0.3 is 0 Å². The van der Waals surface area contributed by atoms with Gasteiger partial charge in [0.2, 0.25) is 5.91 Å². The van der Waals surface area contributed by atoms with Crippen LogP contribution in [0.3, 0.4) is 0 Å². The molecule has 1 amide bonds. The number of aromatic nitrogens is 2. The molecule has 1 N–H and O–H groups in total. The van der Waals surface area contributed by atoms with E-state index in [-0.39, 0.29) is 11.9 Å². The van der Waals surface area contributed by atoms with Crippen molar-refractivity contribution in [1.82, 2.24) is 20.0 Å². The van der Waals surface area contributed by atoms with Crippen LogP contribution in [0.15, 0.2) is 17.5 Å². The second-order valence-electron chi connectivity index (χ2n) is 6.67. The van der Waals surface area contributed by atoms with Gasteiger partial charge in [0.15, 0.2) is 0 Å². The van der Waals surface area contributed by atoms with Gasteiger partial charge in [0.05, 0.1) is 5.69 Å².